The number of nitrogens with one attached hydrogen (secondary N) is 1. The minimum Gasteiger partial charge on any atom is -0.481 e. The number of nitrogen functional groups attached to an aromatic ring is 1. The van der Waals surface area contributed by atoms with Gasteiger partial charge in [-0.25, -0.2) is 14.8 Å². The SMILES string of the molecule is CC(=O)O.CC(C)(C)OC(=O)N1CCN(c2cnc3ccc(Oc4ccc(CC(=O)C(C)(C)C)cc4)cc3n2)CC1.Nc1ccc(Oc2ccc3ncc(N4CCNCC4)nc3c2)cc1. The van der Waals surface area contributed by atoms with Gasteiger partial charge in [-0.2, -0.15) is 0 Å². The summed E-state index contributed by atoms with van der Waals surface area (Å²) < 4.78 is 17.4. The molecule has 2 aliphatic rings. The Morgan fingerprint density at radius 3 is 1.55 bits per heavy atom. The molecule has 2 aliphatic heterocycles. The molecule has 0 bridgehead atoms. The molecule has 16 nitrogen and oxygen atoms in total. The van der Waals surface area contributed by atoms with E-state index in [1.165, 1.54) is 0 Å². The van der Waals surface area contributed by atoms with Crippen molar-refractivity contribution in [2.75, 3.05) is 67.9 Å². The van der Waals surface area contributed by atoms with Crippen molar-refractivity contribution in [3.63, 3.8) is 0 Å². The summed E-state index contributed by atoms with van der Waals surface area (Å²) in [6.45, 7) is 18.8. The van der Waals surface area contributed by atoms with Gasteiger partial charge in [0, 0.05) is 88.9 Å². The lowest BCUT2D eigenvalue weighted by Gasteiger charge is -2.36. The maximum absolute atomic E-state index is 12.4. The highest BCUT2D eigenvalue weighted by Crippen LogP contribution is 2.28. The smallest absolute Gasteiger partial charge is 0.410 e. The van der Waals surface area contributed by atoms with Gasteiger partial charge in [-0.3, -0.25) is 19.6 Å². The molecule has 0 saturated carbocycles. The van der Waals surface area contributed by atoms with Crippen molar-refractivity contribution in [3.05, 3.63) is 103 Å². The number of hydrogen-bond donors (Lipinski definition) is 3. The maximum atomic E-state index is 12.4. The Hall–Kier alpha value is -7.07. The highest BCUT2D eigenvalue weighted by atomic mass is 16.6. The van der Waals surface area contributed by atoms with Crippen LogP contribution in [-0.2, 0) is 20.7 Å². The van der Waals surface area contributed by atoms with Crippen LogP contribution >= 0.6 is 0 Å². The van der Waals surface area contributed by atoms with Gasteiger partial charge in [0.05, 0.1) is 34.5 Å². The molecular weight excluding hydrogens is 827 g/mol. The van der Waals surface area contributed by atoms with Gasteiger partial charge in [-0.1, -0.05) is 32.9 Å². The van der Waals surface area contributed by atoms with E-state index in [-0.39, 0.29) is 17.3 Å². The summed E-state index contributed by atoms with van der Waals surface area (Å²) in [6, 6.07) is 26.3. The number of carboxylic acids is 1. The average molecular weight is 886 g/mol. The first kappa shape index (κ1) is 47.4. The number of amides is 1. The van der Waals surface area contributed by atoms with Crippen molar-refractivity contribution < 1.29 is 33.7 Å². The number of carbonyl (C=O) groups excluding carboxylic acids is 2. The number of anilines is 3. The van der Waals surface area contributed by atoms with E-state index in [4.69, 9.17) is 39.8 Å². The lowest BCUT2D eigenvalue weighted by atomic mass is 9.87. The fourth-order valence-corrected chi connectivity index (χ4v) is 6.67. The Labute approximate surface area is 379 Å². The predicted molar refractivity (Wildman–Crippen MR) is 253 cm³/mol. The predicted octanol–water partition coefficient (Wildman–Crippen LogP) is 8.14. The molecule has 8 rings (SSSR count). The van der Waals surface area contributed by atoms with Crippen molar-refractivity contribution in [1.82, 2.24) is 30.2 Å². The number of Topliss-reactive ketones (excluding diaryl/α,β-unsaturated/α-hetero) is 1. The molecular formula is C49H59N9O7. The van der Waals surface area contributed by atoms with Gasteiger partial charge in [0.2, 0.25) is 0 Å². The fraction of sp³-hybridized carbons (Fsp3) is 0.367. The summed E-state index contributed by atoms with van der Waals surface area (Å²) >= 11 is 0. The number of ether oxygens (including phenoxy) is 3. The summed E-state index contributed by atoms with van der Waals surface area (Å²) in [7, 11) is 0. The molecule has 0 atom stereocenters. The minimum atomic E-state index is -0.833. The van der Waals surface area contributed by atoms with Crippen LogP contribution in [0.3, 0.4) is 0 Å². The first-order valence-electron chi connectivity index (χ1n) is 21.6. The number of hydrogen-bond acceptors (Lipinski definition) is 14. The Morgan fingerprint density at radius 2 is 1.09 bits per heavy atom. The van der Waals surface area contributed by atoms with Crippen LogP contribution in [0.5, 0.6) is 23.0 Å². The molecule has 0 aliphatic carbocycles. The molecule has 2 saturated heterocycles. The van der Waals surface area contributed by atoms with Gasteiger partial charge in [0.1, 0.15) is 46.0 Å². The van der Waals surface area contributed by atoms with E-state index in [0.717, 1.165) is 83.9 Å². The number of aliphatic carboxylic acids is 1. The second-order valence-corrected chi connectivity index (χ2v) is 17.7. The molecule has 0 radical (unpaired) electrons. The van der Waals surface area contributed by atoms with Gasteiger partial charge < -0.3 is 45.1 Å². The fourth-order valence-electron chi connectivity index (χ4n) is 6.67. The van der Waals surface area contributed by atoms with Crippen LogP contribution in [0.25, 0.3) is 22.1 Å². The van der Waals surface area contributed by atoms with E-state index in [2.05, 4.69) is 25.1 Å². The molecule has 2 fully saturated rings. The Balaban J connectivity index is 0.000000214. The lowest BCUT2D eigenvalue weighted by molar-refractivity contribution is -0.134. The first-order chi connectivity index (χ1) is 30.9. The third-order valence-electron chi connectivity index (χ3n) is 10.2. The van der Waals surface area contributed by atoms with E-state index in [9.17, 15) is 9.59 Å². The van der Waals surface area contributed by atoms with Gasteiger partial charge in [-0.05, 0) is 87.0 Å². The third-order valence-corrected chi connectivity index (χ3v) is 10.2. The zero-order valence-corrected chi connectivity index (χ0v) is 38.2. The molecule has 0 spiro atoms. The molecule has 65 heavy (non-hydrogen) atoms. The maximum Gasteiger partial charge on any atom is 0.410 e. The van der Waals surface area contributed by atoms with Crippen molar-refractivity contribution >= 4 is 57.2 Å². The van der Waals surface area contributed by atoms with Crippen molar-refractivity contribution in [1.29, 1.82) is 0 Å². The van der Waals surface area contributed by atoms with Crippen LogP contribution in [0.1, 0.15) is 54.0 Å². The first-order valence-corrected chi connectivity index (χ1v) is 21.6. The van der Waals surface area contributed by atoms with Crippen molar-refractivity contribution in [2.45, 2.75) is 60.5 Å². The Bertz CT molecular complexity index is 2560. The number of fused-ring (bicyclic) bond motifs is 2. The second kappa shape index (κ2) is 21.1. The molecule has 4 aromatic carbocycles. The van der Waals surface area contributed by atoms with Gasteiger partial charge in [0.15, 0.2) is 0 Å². The summed E-state index contributed by atoms with van der Waals surface area (Å²) in [4.78, 5) is 58.4. The zero-order chi connectivity index (χ0) is 46.7. The Kier molecular flexibility index (Phi) is 15.4. The van der Waals surface area contributed by atoms with Crippen LogP contribution in [0.15, 0.2) is 97.3 Å². The molecule has 1 amide bonds. The third kappa shape index (κ3) is 14.2. The topological polar surface area (TPSA) is 198 Å². The molecule has 6 aromatic rings. The highest BCUT2D eigenvalue weighted by molar-refractivity contribution is 5.85. The molecule has 4 heterocycles. The summed E-state index contributed by atoms with van der Waals surface area (Å²) in [5, 5.41) is 10.8. The normalized spacial score (nSPS) is 14.1. The molecule has 16 heteroatoms. The van der Waals surface area contributed by atoms with Crippen LogP contribution in [-0.4, -0.2) is 106 Å². The van der Waals surface area contributed by atoms with E-state index in [1.54, 1.807) is 11.1 Å². The van der Waals surface area contributed by atoms with Crippen molar-refractivity contribution in [2.24, 2.45) is 5.41 Å². The largest absolute Gasteiger partial charge is 0.481 e. The Morgan fingerprint density at radius 1 is 0.646 bits per heavy atom. The van der Waals surface area contributed by atoms with Crippen LogP contribution in [0.4, 0.5) is 22.1 Å². The molecule has 342 valence electrons. The number of benzene rings is 4. The lowest BCUT2D eigenvalue weighted by Crippen LogP contribution is -2.50. The monoisotopic (exact) mass is 885 g/mol. The van der Waals surface area contributed by atoms with Gasteiger partial charge >= 0.3 is 6.09 Å². The number of carbonyl (C=O) groups is 3. The zero-order valence-electron chi connectivity index (χ0n) is 38.2. The highest BCUT2D eigenvalue weighted by Gasteiger charge is 2.27. The summed E-state index contributed by atoms with van der Waals surface area (Å²) in [5.41, 5.74) is 9.72. The van der Waals surface area contributed by atoms with Crippen LogP contribution in [0.2, 0.25) is 0 Å². The number of nitrogens with two attached hydrogens (primary N) is 1. The van der Waals surface area contributed by atoms with Crippen LogP contribution in [0, 0.1) is 5.41 Å². The number of nitrogens with zero attached hydrogens (tertiary/aromatic N) is 7. The number of rotatable bonds is 8. The van der Waals surface area contributed by atoms with Gasteiger partial charge in [-0.15, -0.1) is 0 Å². The molecule has 4 N–H and O–H groups in total. The van der Waals surface area contributed by atoms with Crippen LogP contribution < -0.4 is 30.3 Å². The van der Waals surface area contributed by atoms with E-state index in [1.807, 2.05) is 133 Å². The molecule has 0 unspecified atom stereocenters. The van der Waals surface area contributed by atoms with Gasteiger partial charge in [0.25, 0.3) is 5.97 Å². The number of ketones is 1. The number of piperazine rings is 2. The van der Waals surface area contributed by atoms with E-state index >= 15 is 0 Å². The van der Waals surface area contributed by atoms with E-state index in [0.29, 0.717) is 49.8 Å². The quantitative estimate of drug-likeness (QED) is 0.124. The minimum absolute atomic E-state index is 0.205. The second-order valence-electron chi connectivity index (χ2n) is 17.7. The number of carboxylic acid groups (broad SMARTS) is 1. The molecule has 2 aromatic heterocycles. The summed E-state index contributed by atoms with van der Waals surface area (Å²) in [5.74, 6) is 3.88. The summed E-state index contributed by atoms with van der Waals surface area (Å²) in [6.07, 6.45) is 3.73. The van der Waals surface area contributed by atoms with Crippen molar-refractivity contribution in [3.8, 4) is 23.0 Å². The standard InChI is InChI=1S/C29H36N4O4.C18H19N5O.C2H4O2/c1-28(2,3)25(34)17-20-7-9-21(10-8-20)36-22-11-12-23-24(18-22)31-26(19-30-23)32-13-15-33(16-14-32)27(35)37-29(4,5)6;19-13-1-3-14(4-2-13)24-15-5-6-16-17(11-15)22-18(12-21-16)23-9-7-20-8-10-23;1-2(3)4/h7-12,18-19H,13-17H2,1-6H3;1-6,11-12,20H,7-10,19H2;1H3,(H,3,4). The average Bonchev–Trinajstić information content (AvgIpc) is 3.27. The number of aromatic nitrogens is 4. The van der Waals surface area contributed by atoms with E-state index < -0.39 is 11.6 Å².